The standard InChI is InChI=1S/C20H23ClF4N2O5/c21-16-2-1-13(10-17(16)22)31-11-18(28)26-12-3-4-27(19(29)7-12)5-6-30-14-8-15(9-14)32-20(23,24)25/h1-2,10,12,14-15H,3-9,11H2,(H,26,28)/t12-,14-,15+/m1/s1. The fraction of sp³-hybridized carbons (Fsp3) is 0.600. The van der Waals surface area contributed by atoms with Gasteiger partial charge in [-0.1, -0.05) is 11.6 Å². The predicted octanol–water partition coefficient (Wildman–Crippen LogP) is 3.05. The highest BCUT2D eigenvalue weighted by Gasteiger charge is 2.40. The van der Waals surface area contributed by atoms with Gasteiger partial charge < -0.3 is 19.7 Å². The molecule has 1 N–H and O–H groups in total. The zero-order valence-electron chi connectivity index (χ0n) is 17.0. The van der Waals surface area contributed by atoms with Crippen molar-refractivity contribution in [2.45, 2.75) is 50.3 Å². The third-order valence-corrected chi connectivity index (χ3v) is 5.52. The molecular formula is C20H23ClF4N2O5. The smallest absolute Gasteiger partial charge is 0.484 e. The lowest BCUT2D eigenvalue weighted by atomic mass is 9.92. The first-order valence-corrected chi connectivity index (χ1v) is 10.5. The third kappa shape index (κ3) is 7.49. The number of alkyl halides is 3. The van der Waals surface area contributed by atoms with Gasteiger partial charge in [0, 0.05) is 44.5 Å². The molecule has 32 heavy (non-hydrogen) atoms. The van der Waals surface area contributed by atoms with Crippen molar-refractivity contribution in [3.05, 3.63) is 29.0 Å². The van der Waals surface area contributed by atoms with Gasteiger partial charge in [-0.05, 0) is 18.6 Å². The monoisotopic (exact) mass is 482 g/mol. The van der Waals surface area contributed by atoms with Gasteiger partial charge in [-0.15, -0.1) is 13.2 Å². The number of carbonyl (C=O) groups excluding carboxylic acids is 2. The number of piperidine rings is 1. The van der Waals surface area contributed by atoms with Crippen molar-refractivity contribution in [2.75, 3.05) is 26.3 Å². The Balaban J connectivity index is 1.29. The summed E-state index contributed by atoms with van der Waals surface area (Å²) < 4.78 is 64.3. The Morgan fingerprint density at radius 3 is 2.66 bits per heavy atom. The minimum atomic E-state index is -4.64. The van der Waals surface area contributed by atoms with Crippen molar-refractivity contribution in [2.24, 2.45) is 0 Å². The topological polar surface area (TPSA) is 77.1 Å². The number of amides is 2. The number of halogens is 5. The van der Waals surface area contributed by atoms with Crippen molar-refractivity contribution in [1.29, 1.82) is 0 Å². The second-order valence-corrected chi connectivity index (χ2v) is 8.06. The Morgan fingerprint density at radius 2 is 2.00 bits per heavy atom. The normalized spacial score (nSPS) is 23.6. The summed E-state index contributed by atoms with van der Waals surface area (Å²) in [4.78, 5) is 25.9. The molecular weight excluding hydrogens is 460 g/mol. The number of nitrogens with zero attached hydrogens (tertiary/aromatic N) is 1. The highest BCUT2D eigenvalue weighted by Crippen LogP contribution is 2.32. The number of hydrogen-bond acceptors (Lipinski definition) is 5. The van der Waals surface area contributed by atoms with Crippen LogP contribution in [0.15, 0.2) is 18.2 Å². The molecule has 1 aromatic carbocycles. The van der Waals surface area contributed by atoms with Gasteiger partial charge in [-0.3, -0.25) is 14.3 Å². The molecule has 1 aliphatic carbocycles. The number of ether oxygens (including phenoxy) is 3. The van der Waals surface area contributed by atoms with Crippen LogP contribution in [-0.2, 0) is 19.1 Å². The van der Waals surface area contributed by atoms with E-state index in [1.165, 1.54) is 12.1 Å². The Kier molecular flexibility index (Phi) is 8.18. The van der Waals surface area contributed by atoms with Crippen molar-refractivity contribution in [3.8, 4) is 5.75 Å². The van der Waals surface area contributed by atoms with Crippen molar-refractivity contribution in [3.63, 3.8) is 0 Å². The highest BCUT2D eigenvalue weighted by atomic mass is 35.5. The number of hydrogen-bond donors (Lipinski definition) is 1. The molecule has 0 bridgehead atoms. The first-order valence-electron chi connectivity index (χ1n) is 10.1. The lowest BCUT2D eigenvalue weighted by molar-refractivity contribution is -0.357. The molecule has 1 atom stereocenters. The van der Waals surface area contributed by atoms with Crippen molar-refractivity contribution < 1.29 is 41.4 Å². The maximum atomic E-state index is 13.4. The largest absolute Gasteiger partial charge is 0.522 e. The van der Waals surface area contributed by atoms with Crippen molar-refractivity contribution >= 4 is 23.4 Å². The molecule has 2 amide bonds. The summed E-state index contributed by atoms with van der Waals surface area (Å²) in [5.74, 6) is -1.08. The Hall–Kier alpha value is -2.11. The van der Waals surface area contributed by atoms with E-state index in [1.807, 2.05) is 0 Å². The van der Waals surface area contributed by atoms with E-state index in [2.05, 4.69) is 10.1 Å². The van der Waals surface area contributed by atoms with Crippen molar-refractivity contribution in [1.82, 2.24) is 10.2 Å². The molecule has 12 heteroatoms. The molecule has 7 nitrogen and oxygen atoms in total. The minimum Gasteiger partial charge on any atom is -0.484 e. The lowest BCUT2D eigenvalue weighted by Crippen LogP contribution is -2.49. The van der Waals surface area contributed by atoms with Gasteiger partial charge in [0.1, 0.15) is 11.6 Å². The fourth-order valence-corrected chi connectivity index (χ4v) is 3.61. The van der Waals surface area contributed by atoms with Crippen LogP contribution < -0.4 is 10.1 Å². The summed E-state index contributed by atoms with van der Waals surface area (Å²) in [6, 6.07) is 3.49. The van der Waals surface area contributed by atoms with Crippen LogP contribution in [0.4, 0.5) is 17.6 Å². The SMILES string of the molecule is O=C(COc1ccc(Cl)c(F)c1)N[C@@H]1CCN(CCO[C@H]2C[C@@H](OC(F)(F)F)C2)C(=O)C1. The average molecular weight is 483 g/mol. The first-order chi connectivity index (χ1) is 15.1. The molecule has 1 saturated carbocycles. The molecule has 2 aliphatic rings. The number of likely N-dealkylation sites (tertiary alicyclic amines) is 1. The fourth-order valence-electron chi connectivity index (χ4n) is 3.49. The molecule has 1 aromatic rings. The molecule has 0 unspecified atom stereocenters. The van der Waals surface area contributed by atoms with E-state index in [1.54, 1.807) is 4.90 Å². The summed E-state index contributed by atoms with van der Waals surface area (Å²) in [6.07, 6.45) is -4.81. The van der Waals surface area contributed by atoms with Crippen LogP contribution >= 0.6 is 11.6 Å². The average Bonchev–Trinajstić information content (AvgIpc) is 2.67. The second-order valence-electron chi connectivity index (χ2n) is 7.65. The summed E-state index contributed by atoms with van der Waals surface area (Å²) >= 11 is 5.59. The van der Waals surface area contributed by atoms with E-state index < -0.39 is 24.2 Å². The highest BCUT2D eigenvalue weighted by molar-refractivity contribution is 6.30. The molecule has 0 spiro atoms. The van der Waals surface area contributed by atoms with E-state index in [9.17, 15) is 27.2 Å². The van der Waals surface area contributed by atoms with Gasteiger partial charge >= 0.3 is 6.36 Å². The summed E-state index contributed by atoms with van der Waals surface area (Å²) in [5.41, 5.74) is 0. The molecule has 0 radical (unpaired) electrons. The quantitative estimate of drug-likeness (QED) is 0.547. The van der Waals surface area contributed by atoms with Gasteiger partial charge in [0.15, 0.2) is 6.61 Å². The van der Waals surface area contributed by atoms with E-state index in [4.69, 9.17) is 21.1 Å². The molecule has 178 valence electrons. The molecule has 3 rings (SSSR count). The molecule has 1 heterocycles. The maximum absolute atomic E-state index is 13.4. The van der Waals surface area contributed by atoms with Crippen LogP contribution in [0.25, 0.3) is 0 Å². The van der Waals surface area contributed by atoms with Gasteiger partial charge in [0.2, 0.25) is 5.91 Å². The number of carbonyl (C=O) groups is 2. The molecule has 1 saturated heterocycles. The maximum Gasteiger partial charge on any atom is 0.522 e. The summed E-state index contributed by atoms with van der Waals surface area (Å²) in [6.45, 7) is 0.633. The molecule has 2 fully saturated rings. The van der Waals surface area contributed by atoms with E-state index in [0.29, 0.717) is 19.5 Å². The van der Waals surface area contributed by atoms with Gasteiger partial charge in [-0.25, -0.2) is 4.39 Å². The van der Waals surface area contributed by atoms with Gasteiger partial charge in [0.25, 0.3) is 5.91 Å². The van der Waals surface area contributed by atoms with Gasteiger partial charge in [0.05, 0.1) is 23.8 Å². The van der Waals surface area contributed by atoms with Crippen LogP contribution in [0.3, 0.4) is 0 Å². The Morgan fingerprint density at radius 1 is 1.25 bits per heavy atom. The Bertz CT molecular complexity index is 820. The predicted molar refractivity (Wildman–Crippen MR) is 105 cm³/mol. The minimum absolute atomic E-state index is 0.0511. The van der Waals surface area contributed by atoms with Gasteiger partial charge in [-0.2, -0.15) is 0 Å². The summed E-state index contributed by atoms with van der Waals surface area (Å²) in [5, 5.41) is 2.66. The zero-order valence-corrected chi connectivity index (χ0v) is 17.8. The van der Waals surface area contributed by atoms with Crippen LogP contribution in [0.5, 0.6) is 5.75 Å². The number of rotatable bonds is 9. The van der Waals surface area contributed by atoms with E-state index >= 15 is 0 Å². The molecule has 1 aliphatic heterocycles. The van der Waals surface area contributed by atoms with Crippen LogP contribution in [0, 0.1) is 5.82 Å². The van der Waals surface area contributed by atoms with E-state index in [0.717, 1.165) is 6.07 Å². The Labute approximate surface area is 186 Å². The molecule has 0 aromatic heterocycles. The van der Waals surface area contributed by atoms with Crippen LogP contribution in [-0.4, -0.2) is 67.6 Å². The van der Waals surface area contributed by atoms with Crippen LogP contribution in [0.1, 0.15) is 25.7 Å². The third-order valence-electron chi connectivity index (χ3n) is 5.21. The second kappa shape index (κ2) is 10.7. The summed E-state index contributed by atoms with van der Waals surface area (Å²) in [7, 11) is 0. The first kappa shape index (κ1) is 24.5. The van der Waals surface area contributed by atoms with Crippen LogP contribution in [0.2, 0.25) is 5.02 Å². The lowest BCUT2D eigenvalue weighted by Gasteiger charge is -2.36. The zero-order chi connectivity index (χ0) is 23.3. The number of nitrogens with one attached hydrogen (secondary N) is 1. The number of benzene rings is 1. The van der Waals surface area contributed by atoms with E-state index in [-0.39, 0.29) is 61.3 Å².